The highest BCUT2D eigenvalue weighted by Crippen LogP contribution is 2.25. The Kier molecular flexibility index (Phi) is 3.38. The van der Waals surface area contributed by atoms with Gasteiger partial charge in [0.2, 0.25) is 5.91 Å². The van der Waals surface area contributed by atoms with Crippen LogP contribution in [0.25, 0.3) is 0 Å². The summed E-state index contributed by atoms with van der Waals surface area (Å²) >= 11 is 0. The summed E-state index contributed by atoms with van der Waals surface area (Å²) in [7, 11) is 0. The first-order valence-corrected chi connectivity index (χ1v) is 4.74. The molecule has 1 amide bonds. The zero-order valence-corrected chi connectivity index (χ0v) is 9.14. The van der Waals surface area contributed by atoms with Crippen LogP contribution in [0.5, 0.6) is 0 Å². The van der Waals surface area contributed by atoms with Crippen molar-refractivity contribution in [3.63, 3.8) is 0 Å². The highest BCUT2D eigenvalue weighted by atomic mass is 16.5. The second-order valence-corrected chi connectivity index (χ2v) is 3.69. The van der Waals surface area contributed by atoms with E-state index in [1.165, 1.54) is 4.90 Å². The molecule has 1 atom stereocenters. The third-order valence-corrected chi connectivity index (χ3v) is 2.67. The van der Waals surface area contributed by atoms with Gasteiger partial charge in [0.05, 0.1) is 13.1 Å². The van der Waals surface area contributed by atoms with Crippen LogP contribution in [0.2, 0.25) is 0 Å². The van der Waals surface area contributed by atoms with E-state index in [1.54, 1.807) is 13.8 Å². The Labute approximate surface area is 92.7 Å². The Bertz CT molecular complexity index is 353. The molecule has 0 aromatic rings. The number of carboxylic acids is 1. The fraction of sp³-hybridized carbons (Fsp3) is 0.556. The van der Waals surface area contributed by atoms with Crippen molar-refractivity contribution >= 4 is 11.9 Å². The maximum Gasteiger partial charge on any atom is 0.326 e. The van der Waals surface area contributed by atoms with Gasteiger partial charge in [-0.15, -0.1) is 0 Å². The van der Waals surface area contributed by atoms with Gasteiger partial charge in [-0.1, -0.05) is 0 Å². The predicted octanol–water partition coefficient (Wildman–Crippen LogP) is -0.361. The van der Waals surface area contributed by atoms with Crippen molar-refractivity contribution in [2.75, 3.05) is 6.67 Å². The fourth-order valence-electron chi connectivity index (χ4n) is 1.59. The predicted molar refractivity (Wildman–Crippen MR) is 55.5 cm³/mol. The lowest BCUT2D eigenvalue weighted by molar-refractivity contribution is -0.144. The number of hydrogen-bond donors (Lipinski definition) is 2. The van der Waals surface area contributed by atoms with Gasteiger partial charge < -0.3 is 26.0 Å². The van der Waals surface area contributed by atoms with Gasteiger partial charge in [-0.2, -0.15) is 0 Å². The number of primary amides is 1. The maximum atomic E-state index is 11.3. The highest BCUT2D eigenvalue weighted by Gasteiger charge is 2.31. The molecule has 90 valence electrons. The smallest absolute Gasteiger partial charge is 0.326 e. The number of carbonyl (C=O) groups excluding carboxylic acids is 1. The second-order valence-electron chi connectivity index (χ2n) is 3.69. The van der Waals surface area contributed by atoms with Gasteiger partial charge >= 0.3 is 5.97 Å². The first kappa shape index (κ1) is 12.3. The average Bonchev–Trinajstić information content (AvgIpc) is 2.42. The van der Waals surface area contributed by atoms with Crippen LogP contribution in [-0.4, -0.2) is 39.7 Å². The van der Waals surface area contributed by atoms with E-state index >= 15 is 0 Å². The van der Waals surface area contributed by atoms with Gasteiger partial charge in [-0.25, -0.2) is 4.79 Å². The van der Waals surface area contributed by atoms with E-state index in [0.717, 1.165) is 0 Å². The summed E-state index contributed by atoms with van der Waals surface area (Å²) in [5, 5.41) is 21.0. The standard InChI is InChI=1S/C9H14N3O4/c1-5-6(2)12(16)4-11(5)7(9(14)15)3-8(10)13/h7H,3-4H2,1-2H3,(H2,10,13)(H,14,15)/q-1/t7-/m0/s1. The molecule has 0 radical (unpaired) electrons. The number of aliphatic carboxylic acids is 1. The highest BCUT2D eigenvalue weighted by molar-refractivity contribution is 5.83. The molecule has 0 aliphatic carbocycles. The van der Waals surface area contributed by atoms with Gasteiger partial charge in [0.1, 0.15) is 6.04 Å². The van der Waals surface area contributed by atoms with Gasteiger partial charge in [-0.05, 0) is 13.8 Å². The minimum Gasteiger partial charge on any atom is -0.757 e. The Morgan fingerprint density at radius 2 is 2.06 bits per heavy atom. The van der Waals surface area contributed by atoms with E-state index in [-0.39, 0.29) is 13.1 Å². The molecule has 1 aliphatic heterocycles. The summed E-state index contributed by atoms with van der Waals surface area (Å²) in [6, 6.07) is -1.08. The fourth-order valence-corrected chi connectivity index (χ4v) is 1.59. The molecule has 3 N–H and O–H groups in total. The van der Waals surface area contributed by atoms with Crippen molar-refractivity contribution in [1.82, 2.24) is 9.96 Å². The van der Waals surface area contributed by atoms with E-state index in [4.69, 9.17) is 10.8 Å². The number of hydroxylamine groups is 2. The number of nitrogens with zero attached hydrogens (tertiary/aromatic N) is 2. The Hall–Kier alpha value is -1.76. The van der Waals surface area contributed by atoms with Crippen LogP contribution in [0.15, 0.2) is 11.4 Å². The minimum atomic E-state index is -1.17. The lowest BCUT2D eigenvalue weighted by Gasteiger charge is -2.30. The molecule has 0 saturated heterocycles. The minimum absolute atomic E-state index is 0.0814. The van der Waals surface area contributed by atoms with E-state index < -0.39 is 17.9 Å². The van der Waals surface area contributed by atoms with Gasteiger partial charge in [0.25, 0.3) is 0 Å². The maximum absolute atomic E-state index is 11.3. The number of nitrogens with two attached hydrogens (primary N) is 1. The van der Waals surface area contributed by atoms with Crippen LogP contribution in [-0.2, 0) is 9.59 Å². The molecule has 0 aromatic carbocycles. The lowest BCUT2D eigenvalue weighted by Crippen LogP contribution is -2.42. The summed E-state index contributed by atoms with van der Waals surface area (Å²) < 4.78 is 0. The van der Waals surface area contributed by atoms with E-state index in [0.29, 0.717) is 16.5 Å². The van der Waals surface area contributed by atoms with Crippen molar-refractivity contribution in [2.24, 2.45) is 5.73 Å². The van der Waals surface area contributed by atoms with E-state index in [2.05, 4.69) is 0 Å². The molecule has 1 aliphatic rings. The molecule has 0 saturated carbocycles. The third kappa shape index (κ3) is 2.25. The molecular formula is C9H14N3O4-. The van der Waals surface area contributed by atoms with Crippen molar-refractivity contribution in [1.29, 1.82) is 0 Å². The molecule has 0 aromatic heterocycles. The summed E-state index contributed by atoms with van der Waals surface area (Å²) in [6.07, 6.45) is -0.312. The van der Waals surface area contributed by atoms with Crippen molar-refractivity contribution in [3.05, 3.63) is 16.6 Å². The zero-order valence-electron chi connectivity index (χ0n) is 9.14. The molecular weight excluding hydrogens is 214 g/mol. The molecule has 0 spiro atoms. The first-order valence-electron chi connectivity index (χ1n) is 4.74. The molecule has 7 nitrogen and oxygen atoms in total. The molecule has 0 unspecified atom stereocenters. The largest absolute Gasteiger partial charge is 0.757 e. The number of carbonyl (C=O) groups is 2. The SMILES string of the molecule is CC1=C(C)N([C@@H](CC(N)=O)C(=O)O)CN1[O-]. The molecule has 16 heavy (non-hydrogen) atoms. The monoisotopic (exact) mass is 228 g/mol. The summed E-state index contributed by atoms with van der Waals surface area (Å²) in [5.41, 5.74) is 5.99. The zero-order chi connectivity index (χ0) is 12.5. The van der Waals surface area contributed by atoms with Crippen LogP contribution in [0.3, 0.4) is 0 Å². The first-order chi connectivity index (χ1) is 7.34. The number of hydrogen-bond acceptors (Lipinski definition) is 5. The molecule has 1 heterocycles. The Morgan fingerprint density at radius 3 is 2.38 bits per heavy atom. The van der Waals surface area contributed by atoms with E-state index in [9.17, 15) is 14.8 Å². The van der Waals surface area contributed by atoms with Crippen molar-refractivity contribution in [2.45, 2.75) is 26.3 Å². The van der Waals surface area contributed by atoms with Gasteiger partial charge in [-0.3, -0.25) is 4.79 Å². The van der Waals surface area contributed by atoms with Crippen molar-refractivity contribution in [3.8, 4) is 0 Å². The second kappa shape index (κ2) is 4.40. The number of rotatable bonds is 4. The quantitative estimate of drug-likeness (QED) is 0.679. The van der Waals surface area contributed by atoms with Gasteiger partial charge in [0.15, 0.2) is 0 Å². The summed E-state index contributed by atoms with van der Waals surface area (Å²) in [4.78, 5) is 23.1. The van der Waals surface area contributed by atoms with Crippen LogP contribution in [0.4, 0.5) is 0 Å². The topological polar surface area (TPSA) is 110 Å². The molecule has 1 rings (SSSR count). The van der Waals surface area contributed by atoms with Crippen LogP contribution in [0.1, 0.15) is 20.3 Å². The lowest BCUT2D eigenvalue weighted by atomic mass is 10.1. The van der Waals surface area contributed by atoms with Crippen LogP contribution in [0, 0.1) is 5.21 Å². The third-order valence-electron chi connectivity index (χ3n) is 2.67. The summed E-state index contributed by atoms with van der Waals surface area (Å²) in [5.74, 6) is -1.87. The number of allylic oxidation sites excluding steroid dienone is 2. The normalized spacial score (nSPS) is 17.9. The molecule has 0 bridgehead atoms. The molecule has 7 heteroatoms. The van der Waals surface area contributed by atoms with Gasteiger partial charge in [0, 0.05) is 11.4 Å². The Morgan fingerprint density at radius 1 is 1.50 bits per heavy atom. The number of amides is 1. The van der Waals surface area contributed by atoms with Crippen molar-refractivity contribution < 1.29 is 14.7 Å². The van der Waals surface area contributed by atoms with Crippen LogP contribution >= 0.6 is 0 Å². The number of carboxylic acid groups (broad SMARTS) is 1. The average molecular weight is 228 g/mol. The van der Waals surface area contributed by atoms with Crippen LogP contribution < -0.4 is 5.73 Å². The Balaban J connectivity index is 2.90. The van der Waals surface area contributed by atoms with E-state index in [1.807, 2.05) is 0 Å². The molecule has 0 fully saturated rings. The summed E-state index contributed by atoms with van der Waals surface area (Å²) in [6.45, 7) is 3.16.